The zero-order chi connectivity index (χ0) is 17.9. The van der Waals surface area contributed by atoms with Gasteiger partial charge < -0.3 is 15.4 Å². The van der Waals surface area contributed by atoms with Gasteiger partial charge in [0.1, 0.15) is 23.2 Å². The first-order valence-electron chi connectivity index (χ1n) is 8.63. The molecule has 0 aliphatic carbocycles. The van der Waals surface area contributed by atoms with E-state index in [-0.39, 0.29) is 5.82 Å². The maximum atomic E-state index is 12.9. The van der Waals surface area contributed by atoms with E-state index in [9.17, 15) is 4.39 Å². The molecule has 1 aliphatic heterocycles. The molecule has 26 heavy (non-hydrogen) atoms. The molecule has 0 radical (unpaired) electrons. The number of thiazole rings is 1. The van der Waals surface area contributed by atoms with Gasteiger partial charge >= 0.3 is 0 Å². The second-order valence-corrected chi connectivity index (χ2v) is 7.29. The molecule has 4 nitrogen and oxygen atoms in total. The molecule has 2 heterocycles. The van der Waals surface area contributed by atoms with Crippen molar-refractivity contribution in [2.24, 2.45) is 0 Å². The highest BCUT2D eigenvalue weighted by atomic mass is 32.1. The molecular weight excluding hydrogens is 349 g/mol. The Morgan fingerprint density at radius 1 is 1.19 bits per heavy atom. The molecule has 2 N–H and O–H groups in total. The van der Waals surface area contributed by atoms with Crippen LogP contribution in [0.5, 0.6) is 5.75 Å². The maximum Gasteiger partial charge on any atom is 0.140 e. The Morgan fingerprint density at radius 3 is 2.88 bits per heavy atom. The monoisotopic (exact) mass is 369 g/mol. The number of fused-ring (bicyclic) bond motifs is 1. The van der Waals surface area contributed by atoms with Crippen molar-refractivity contribution in [2.75, 3.05) is 17.2 Å². The summed E-state index contributed by atoms with van der Waals surface area (Å²) in [5.74, 6) is 0.375. The van der Waals surface area contributed by atoms with E-state index in [1.165, 1.54) is 23.4 Å². The number of nitrogens with zero attached hydrogens (tertiary/aromatic N) is 2. The van der Waals surface area contributed by atoms with Crippen LogP contribution in [0, 0.1) is 5.82 Å². The molecule has 0 saturated heterocycles. The zero-order valence-corrected chi connectivity index (χ0v) is 15.1. The van der Waals surface area contributed by atoms with Crippen molar-refractivity contribution >= 4 is 22.7 Å². The lowest BCUT2D eigenvalue weighted by Crippen LogP contribution is -2.29. The van der Waals surface area contributed by atoms with Gasteiger partial charge in [0.15, 0.2) is 0 Å². The molecule has 1 aromatic heterocycles. The Morgan fingerprint density at radius 2 is 2.04 bits per heavy atom. The van der Waals surface area contributed by atoms with Gasteiger partial charge in [-0.3, -0.25) is 0 Å². The van der Waals surface area contributed by atoms with Gasteiger partial charge in [-0.15, -0.1) is 11.3 Å². The summed E-state index contributed by atoms with van der Waals surface area (Å²) >= 11 is 1.58. The molecule has 1 aliphatic rings. The fourth-order valence-corrected chi connectivity index (χ4v) is 3.95. The number of nitrogen functional groups attached to an aromatic ring is 1. The zero-order valence-electron chi connectivity index (χ0n) is 14.3. The van der Waals surface area contributed by atoms with Gasteiger partial charge in [0, 0.05) is 23.3 Å². The summed E-state index contributed by atoms with van der Waals surface area (Å²) in [6, 6.07) is 12.1. The van der Waals surface area contributed by atoms with E-state index >= 15 is 0 Å². The fourth-order valence-electron chi connectivity index (χ4n) is 3.25. The van der Waals surface area contributed by atoms with Gasteiger partial charge in [0.2, 0.25) is 0 Å². The first kappa shape index (κ1) is 16.8. The van der Waals surface area contributed by atoms with Crippen molar-refractivity contribution in [1.82, 2.24) is 4.98 Å². The molecule has 134 valence electrons. The minimum absolute atomic E-state index is 0.267. The molecule has 4 rings (SSSR count). The van der Waals surface area contributed by atoms with Crippen LogP contribution in [0.2, 0.25) is 0 Å². The summed E-state index contributed by atoms with van der Waals surface area (Å²) in [6.45, 7) is 2.17. The largest absolute Gasteiger partial charge is 0.486 e. The van der Waals surface area contributed by atoms with Crippen LogP contribution in [-0.4, -0.2) is 11.5 Å². The van der Waals surface area contributed by atoms with Crippen molar-refractivity contribution in [1.29, 1.82) is 0 Å². The van der Waals surface area contributed by atoms with E-state index in [1.807, 2.05) is 12.1 Å². The predicted molar refractivity (Wildman–Crippen MR) is 103 cm³/mol. The third-order valence-corrected chi connectivity index (χ3v) is 5.38. The second kappa shape index (κ2) is 7.33. The van der Waals surface area contributed by atoms with Gasteiger partial charge in [0.05, 0.1) is 12.2 Å². The van der Waals surface area contributed by atoms with Crippen LogP contribution in [0.4, 0.5) is 15.8 Å². The molecule has 0 amide bonds. The van der Waals surface area contributed by atoms with Gasteiger partial charge in [0.25, 0.3) is 0 Å². The maximum absolute atomic E-state index is 12.9. The van der Waals surface area contributed by atoms with Crippen LogP contribution in [0.25, 0.3) is 0 Å². The topological polar surface area (TPSA) is 51.4 Å². The number of halogens is 1. The lowest BCUT2D eigenvalue weighted by molar-refractivity contribution is 0.305. The molecule has 2 aromatic carbocycles. The summed E-state index contributed by atoms with van der Waals surface area (Å²) in [7, 11) is 0. The Labute approximate surface area is 156 Å². The lowest BCUT2D eigenvalue weighted by Gasteiger charge is -2.31. The highest BCUT2D eigenvalue weighted by Crippen LogP contribution is 2.32. The molecule has 6 heteroatoms. The minimum atomic E-state index is -0.267. The Bertz CT molecular complexity index is 894. The van der Waals surface area contributed by atoms with E-state index in [0.717, 1.165) is 42.3 Å². The molecule has 3 aromatic rings. The van der Waals surface area contributed by atoms with E-state index in [2.05, 4.69) is 21.3 Å². The summed E-state index contributed by atoms with van der Waals surface area (Å²) < 4.78 is 18.6. The summed E-state index contributed by atoms with van der Waals surface area (Å²) in [5.41, 5.74) is 10.5. The first-order chi connectivity index (χ1) is 12.7. The molecule has 0 spiro atoms. The lowest BCUT2D eigenvalue weighted by atomic mass is 10.00. The smallest absolute Gasteiger partial charge is 0.140 e. The molecular formula is C20H20FN3OS. The normalized spacial score (nSPS) is 13.5. The minimum Gasteiger partial charge on any atom is -0.486 e. The average Bonchev–Trinajstić information content (AvgIpc) is 3.10. The molecule has 0 unspecified atom stereocenters. The van der Waals surface area contributed by atoms with Crippen molar-refractivity contribution in [3.8, 4) is 5.75 Å². The number of anilines is 2. The Balaban J connectivity index is 1.41. The molecule has 0 bridgehead atoms. The van der Waals surface area contributed by atoms with Gasteiger partial charge in [-0.25, -0.2) is 9.37 Å². The van der Waals surface area contributed by atoms with E-state index in [4.69, 9.17) is 10.5 Å². The quantitative estimate of drug-likeness (QED) is 0.678. The number of hydrogen-bond donors (Lipinski definition) is 1. The highest BCUT2D eigenvalue weighted by Gasteiger charge is 2.19. The molecule has 0 atom stereocenters. The van der Waals surface area contributed by atoms with Crippen molar-refractivity contribution in [3.63, 3.8) is 0 Å². The Kier molecular flexibility index (Phi) is 4.75. The summed E-state index contributed by atoms with van der Waals surface area (Å²) in [5, 5.41) is 2.98. The number of ether oxygens (including phenoxy) is 1. The number of rotatable bonds is 5. The van der Waals surface area contributed by atoms with E-state index in [1.54, 1.807) is 23.5 Å². The van der Waals surface area contributed by atoms with Crippen molar-refractivity contribution in [2.45, 2.75) is 26.0 Å². The third-order valence-electron chi connectivity index (χ3n) is 4.51. The van der Waals surface area contributed by atoms with Crippen molar-refractivity contribution < 1.29 is 9.13 Å². The standard InChI is InChI=1S/C20H20FN3OS/c21-14-6-8-16(9-7-14)25-12-20-23-15(13-26-20)11-24-10-2-3-17-18(22)4-1-5-19(17)24/h1,4-9,13H,2-3,10-12,22H2. The molecule has 0 fully saturated rings. The summed E-state index contributed by atoms with van der Waals surface area (Å²) in [6.07, 6.45) is 2.14. The average molecular weight is 369 g/mol. The fraction of sp³-hybridized carbons (Fsp3) is 0.250. The molecule has 0 saturated carbocycles. The van der Waals surface area contributed by atoms with Crippen molar-refractivity contribution in [3.05, 3.63) is 69.9 Å². The number of benzene rings is 2. The predicted octanol–water partition coefficient (Wildman–Crippen LogP) is 4.40. The van der Waals surface area contributed by atoms with Gasteiger partial charge in [-0.2, -0.15) is 0 Å². The Hall–Kier alpha value is -2.60. The van der Waals surface area contributed by atoms with Crippen LogP contribution in [0.3, 0.4) is 0 Å². The third kappa shape index (κ3) is 3.65. The van der Waals surface area contributed by atoms with Crippen LogP contribution in [-0.2, 0) is 19.6 Å². The first-order valence-corrected chi connectivity index (χ1v) is 9.51. The van der Waals surface area contributed by atoms with Crippen LogP contribution < -0.4 is 15.4 Å². The van der Waals surface area contributed by atoms with Crippen LogP contribution >= 0.6 is 11.3 Å². The number of hydrogen-bond acceptors (Lipinski definition) is 5. The van der Waals surface area contributed by atoms with Crippen LogP contribution in [0.1, 0.15) is 22.7 Å². The van der Waals surface area contributed by atoms with Crippen LogP contribution in [0.15, 0.2) is 47.8 Å². The SMILES string of the molecule is Nc1cccc2c1CCCN2Cc1csc(COc2ccc(F)cc2)n1. The number of nitrogens with two attached hydrogens (primary N) is 1. The van der Waals surface area contributed by atoms with E-state index < -0.39 is 0 Å². The summed E-state index contributed by atoms with van der Waals surface area (Å²) in [4.78, 5) is 7.02. The van der Waals surface area contributed by atoms with Gasteiger partial charge in [-0.1, -0.05) is 6.07 Å². The second-order valence-electron chi connectivity index (χ2n) is 6.35. The van der Waals surface area contributed by atoms with Gasteiger partial charge in [-0.05, 0) is 54.8 Å². The number of aromatic nitrogens is 1. The van der Waals surface area contributed by atoms with E-state index in [0.29, 0.717) is 12.4 Å². The highest BCUT2D eigenvalue weighted by molar-refractivity contribution is 7.09.